The van der Waals surface area contributed by atoms with Crippen LogP contribution in [0.4, 0.5) is 4.79 Å². The number of nitrogens with zero attached hydrogens (tertiary/aromatic N) is 1. The molecule has 0 saturated carbocycles. The molecule has 0 bridgehead atoms. The lowest BCUT2D eigenvalue weighted by Crippen LogP contribution is -2.34. The molecule has 1 aromatic rings. The van der Waals surface area contributed by atoms with Gasteiger partial charge >= 0.3 is 6.09 Å². The quantitative estimate of drug-likeness (QED) is 0.809. The van der Waals surface area contributed by atoms with Gasteiger partial charge < -0.3 is 14.7 Å². The second-order valence-corrected chi connectivity index (χ2v) is 3.86. The van der Waals surface area contributed by atoms with Crippen molar-refractivity contribution >= 4 is 17.7 Å². The number of carboxylic acid groups (broad SMARTS) is 1. The van der Waals surface area contributed by atoms with Crippen LogP contribution in [0.2, 0.25) is 0 Å². The molecule has 1 aliphatic rings. The van der Waals surface area contributed by atoms with E-state index in [1.807, 2.05) is 18.2 Å². The van der Waals surface area contributed by atoms with Crippen molar-refractivity contribution in [2.24, 2.45) is 0 Å². The number of benzene rings is 1. The predicted octanol–water partition coefficient (Wildman–Crippen LogP) is 2.30. The molecule has 1 aromatic carbocycles. The van der Waals surface area contributed by atoms with Crippen molar-refractivity contribution in [2.75, 3.05) is 12.6 Å². The molecule has 0 spiro atoms. The molecule has 2 rings (SSSR count). The largest absolute Gasteiger partial charge is 0.478 e. The summed E-state index contributed by atoms with van der Waals surface area (Å²) >= 11 is 5.47. The molecule has 0 atom stereocenters. The molecule has 1 amide bonds. The number of fused-ring (bicyclic) bond motifs is 1. The molecule has 16 heavy (non-hydrogen) atoms. The lowest BCUT2D eigenvalue weighted by molar-refractivity contribution is 0.140. The number of hydrogen-bond acceptors (Lipinski definition) is 2. The third-order valence-corrected chi connectivity index (χ3v) is 2.79. The zero-order valence-electron chi connectivity index (χ0n) is 8.65. The first kappa shape index (κ1) is 11.1. The highest BCUT2D eigenvalue weighted by Gasteiger charge is 2.20. The van der Waals surface area contributed by atoms with Crippen LogP contribution in [0.3, 0.4) is 0 Å². The van der Waals surface area contributed by atoms with Gasteiger partial charge in [-0.05, 0) is 29.7 Å². The Morgan fingerprint density at radius 2 is 2.31 bits per heavy atom. The minimum Gasteiger partial charge on any atom is -0.478 e. The zero-order valence-corrected chi connectivity index (χ0v) is 9.41. The maximum Gasteiger partial charge on any atom is 0.407 e. The highest BCUT2D eigenvalue weighted by molar-refractivity contribution is 6.17. The summed E-state index contributed by atoms with van der Waals surface area (Å²) in [5.41, 5.74) is 2.18. The van der Waals surface area contributed by atoms with Crippen molar-refractivity contribution in [3.8, 4) is 5.75 Å². The summed E-state index contributed by atoms with van der Waals surface area (Å²) in [6, 6.07) is 5.78. The lowest BCUT2D eigenvalue weighted by atomic mass is 10.00. The van der Waals surface area contributed by atoms with Crippen LogP contribution in [0.15, 0.2) is 18.2 Å². The molecule has 0 aromatic heterocycles. The molecule has 1 N–H and O–H groups in total. The van der Waals surface area contributed by atoms with Crippen LogP contribution >= 0.6 is 11.6 Å². The summed E-state index contributed by atoms with van der Waals surface area (Å²) in [7, 11) is 0. The van der Waals surface area contributed by atoms with Gasteiger partial charge in [0.1, 0.15) is 5.75 Å². The monoisotopic (exact) mass is 241 g/mol. The van der Waals surface area contributed by atoms with Crippen molar-refractivity contribution in [3.63, 3.8) is 0 Å². The van der Waals surface area contributed by atoms with Crippen molar-refractivity contribution < 1.29 is 14.6 Å². The summed E-state index contributed by atoms with van der Waals surface area (Å²) in [6.07, 6.45) is -0.127. The molecule has 4 nitrogen and oxygen atoms in total. The fourth-order valence-corrected chi connectivity index (χ4v) is 1.98. The van der Waals surface area contributed by atoms with E-state index >= 15 is 0 Å². The number of hydrogen-bond donors (Lipinski definition) is 1. The number of carbonyl (C=O) groups is 1. The van der Waals surface area contributed by atoms with Crippen LogP contribution in [-0.4, -0.2) is 28.7 Å². The molecule has 86 valence electrons. The highest BCUT2D eigenvalue weighted by atomic mass is 35.5. The van der Waals surface area contributed by atoms with Crippen LogP contribution in [0.5, 0.6) is 5.75 Å². The molecular weight excluding hydrogens is 230 g/mol. The van der Waals surface area contributed by atoms with E-state index < -0.39 is 6.09 Å². The Hall–Kier alpha value is -1.42. The van der Waals surface area contributed by atoms with Gasteiger partial charge in [0.25, 0.3) is 0 Å². The second kappa shape index (κ2) is 4.61. The Morgan fingerprint density at radius 1 is 1.50 bits per heavy atom. The average Bonchev–Trinajstić information content (AvgIpc) is 2.28. The van der Waals surface area contributed by atoms with Gasteiger partial charge in [0, 0.05) is 13.1 Å². The van der Waals surface area contributed by atoms with Gasteiger partial charge in [-0.15, -0.1) is 0 Å². The number of ether oxygens (including phenoxy) is 1. The summed E-state index contributed by atoms with van der Waals surface area (Å²) < 4.78 is 5.17. The molecule has 0 fully saturated rings. The van der Waals surface area contributed by atoms with Crippen LogP contribution in [0, 0.1) is 0 Å². The van der Waals surface area contributed by atoms with Crippen LogP contribution < -0.4 is 4.74 Å². The van der Waals surface area contributed by atoms with Gasteiger partial charge in [-0.3, -0.25) is 0 Å². The molecule has 1 aliphatic heterocycles. The maximum absolute atomic E-state index is 10.8. The summed E-state index contributed by atoms with van der Waals surface area (Å²) in [6.45, 7) is 0.974. The molecule has 0 aliphatic carbocycles. The summed E-state index contributed by atoms with van der Waals surface area (Å²) in [5, 5.41) is 8.91. The molecule has 0 saturated heterocycles. The lowest BCUT2D eigenvalue weighted by Gasteiger charge is -2.26. The zero-order chi connectivity index (χ0) is 11.5. The third kappa shape index (κ3) is 2.22. The number of rotatable bonds is 2. The first-order valence-corrected chi connectivity index (χ1v) is 5.52. The van der Waals surface area contributed by atoms with Gasteiger partial charge in [0.15, 0.2) is 6.07 Å². The first-order chi connectivity index (χ1) is 7.70. The smallest absolute Gasteiger partial charge is 0.407 e. The van der Waals surface area contributed by atoms with E-state index in [9.17, 15) is 4.79 Å². The van der Waals surface area contributed by atoms with E-state index in [2.05, 4.69) is 0 Å². The molecular formula is C11H12ClNO3. The van der Waals surface area contributed by atoms with Crippen molar-refractivity contribution in [3.05, 3.63) is 29.3 Å². The Bertz CT molecular complexity index is 408. The van der Waals surface area contributed by atoms with Crippen LogP contribution in [0.1, 0.15) is 11.1 Å². The Morgan fingerprint density at radius 3 is 3.00 bits per heavy atom. The number of alkyl halides is 1. The van der Waals surface area contributed by atoms with Crippen LogP contribution in [0.25, 0.3) is 0 Å². The minimum absolute atomic E-state index is 0.0986. The molecule has 0 unspecified atom stereocenters. The SMILES string of the molecule is O=C(O)N1CCc2ccc(OCCl)cc2C1. The van der Waals surface area contributed by atoms with E-state index in [1.165, 1.54) is 10.5 Å². The van der Waals surface area contributed by atoms with Crippen molar-refractivity contribution in [2.45, 2.75) is 13.0 Å². The van der Waals surface area contributed by atoms with Crippen molar-refractivity contribution in [1.29, 1.82) is 0 Å². The van der Waals surface area contributed by atoms with Crippen LogP contribution in [-0.2, 0) is 13.0 Å². The first-order valence-electron chi connectivity index (χ1n) is 4.99. The topological polar surface area (TPSA) is 49.8 Å². The van der Waals surface area contributed by atoms with E-state index in [0.29, 0.717) is 18.8 Å². The normalized spacial score (nSPS) is 14.4. The molecule has 5 heteroatoms. The summed E-state index contributed by atoms with van der Waals surface area (Å²) in [4.78, 5) is 12.2. The number of halogens is 1. The van der Waals surface area contributed by atoms with Crippen molar-refractivity contribution in [1.82, 2.24) is 4.90 Å². The Labute approximate surface area is 98.4 Å². The minimum atomic E-state index is -0.880. The van der Waals surface area contributed by atoms with E-state index in [0.717, 1.165) is 12.0 Å². The second-order valence-electron chi connectivity index (χ2n) is 3.64. The highest BCUT2D eigenvalue weighted by Crippen LogP contribution is 2.24. The third-order valence-electron chi connectivity index (χ3n) is 2.68. The number of amides is 1. The van der Waals surface area contributed by atoms with E-state index in [1.54, 1.807) is 0 Å². The average molecular weight is 242 g/mol. The maximum atomic E-state index is 10.8. The van der Waals surface area contributed by atoms with Gasteiger partial charge in [-0.2, -0.15) is 0 Å². The van der Waals surface area contributed by atoms with Gasteiger partial charge in [0.2, 0.25) is 0 Å². The van der Waals surface area contributed by atoms with Gasteiger partial charge in [-0.1, -0.05) is 17.7 Å². The van der Waals surface area contributed by atoms with E-state index in [-0.39, 0.29) is 6.07 Å². The standard InChI is InChI=1S/C11H12ClNO3/c12-7-16-10-2-1-8-3-4-13(11(14)15)6-9(8)5-10/h1-2,5H,3-4,6-7H2,(H,14,15). The van der Waals surface area contributed by atoms with Gasteiger partial charge in [0.05, 0.1) is 0 Å². The Balaban J connectivity index is 2.21. The molecule has 1 heterocycles. The summed E-state index contributed by atoms with van der Waals surface area (Å²) in [5.74, 6) is 0.681. The Kier molecular flexibility index (Phi) is 3.19. The van der Waals surface area contributed by atoms with Gasteiger partial charge in [-0.25, -0.2) is 4.79 Å². The van der Waals surface area contributed by atoms with E-state index in [4.69, 9.17) is 21.4 Å². The predicted molar refractivity (Wildman–Crippen MR) is 59.9 cm³/mol. The fourth-order valence-electron chi connectivity index (χ4n) is 1.85. The fraction of sp³-hybridized carbons (Fsp3) is 0.364. The molecule has 0 radical (unpaired) electrons.